The van der Waals surface area contributed by atoms with Gasteiger partial charge in [0.05, 0.1) is 5.69 Å². The Bertz CT molecular complexity index is 901. The number of halogens is 1. The zero-order chi connectivity index (χ0) is 18.0. The molecular formula is C19H18FN3O2. The lowest BCUT2D eigenvalue weighted by atomic mass is 10.0. The SMILES string of the molecule is Cc1nc(C(=O)Oc2cccc(C(C)C)c2)nn1-c1ccc(F)cc1. The first kappa shape index (κ1) is 16.8. The number of ether oxygens (including phenoxy) is 1. The summed E-state index contributed by atoms with van der Waals surface area (Å²) in [7, 11) is 0. The van der Waals surface area contributed by atoms with Gasteiger partial charge in [-0.2, -0.15) is 0 Å². The molecule has 0 unspecified atom stereocenters. The van der Waals surface area contributed by atoms with Crippen LogP contribution in [0.15, 0.2) is 48.5 Å². The molecule has 0 spiro atoms. The number of nitrogens with zero attached hydrogens (tertiary/aromatic N) is 3. The molecule has 0 aliphatic carbocycles. The first-order chi connectivity index (χ1) is 11.9. The average molecular weight is 339 g/mol. The van der Waals surface area contributed by atoms with Gasteiger partial charge in [-0.1, -0.05) is 26.0 Å². The van der Waals surface area contributed by atoms with Crippen molar-refractivity contribution in [3.8, 4) is 11.4 Å². The minimum Gasteiger partial charge on any atom is -0.421 e. The highest BCUT2D eigenvalue weighted by Crippen LogP contribution is 2.21. The van der Waals surface area contributed by atoms with Crippen LogP contribution in [0.25, 0.3) is 5.69 Å². The monoisotopic (exact) mass is 339 g/mol. The Morgan fingerprint density at radius 3 is 2.56 bits per heavy atom. The molecule has 6 heteroatoms. The predicted octanol–water partition coefficient (Wildman–Crippen LogP) is 4.06. The highest BCUT2D eigenvalue weighted by Gasteiger charge is 2.18. The summed E-state index contributed by atoms with van der Waals surface area (Å²) in [6.07, 6.45) is 0. The molecule has 3 aromatic rings. The van der Waals surface area contributed by atoms with Gasteiger partial charge in [0.15, 0.2) is 0 Å². The van der Waals surface area contributed by atoms with E-state index in [-0.39, 0.29) is 11.6 Å². The van der Waals surface area contributed by atoms with Crippen molar-refractivity contribution < 1.29 is 13.9 Å². The van der Waals surface area contributed by atoms with E-state index in [9.17, 15) is 9.18 Å². The van der Waals surface area contributed by atoms with Crippen LogP contribution in [0.3, 0.4) is 0 Å². The molecule has 1 heterocycles. The van der Waals surface area contributed by atoms with Gasteiger partial charge in [-0.3, -0.25) is 0 Å². The zero-order valence-corrected chi connectivity index (χ0v) is 14.2. The lowest BCUT2D eigenvalue weighted by Crippen LogP contribution is -2.11. The molecule has 0 fully saturated rings. The van der Waals surface area contributed by atoms with E-state index < -0.39 is 5.97 Å². The summed E-state index contributed by atoms with van der Waals surface area (Å²) >= 11 is 0. The van der Waals surface area contributed by atoms with Crippen LogP contribution in [-0.4, -0.2) is 20.7 Å². The molecule has 25 heavy (non-hydrogen) atoms. The van der Waals surface area contributed by atoms with Gasteiger partial charge >= 0.3 is 5.97 Å². The number of hydrogen-bond donors (Lipinski definition) is 0. The van der Waals surface area contributed by atoms with Crippen LogP contribution in [0.2, 0.25) is 0 Å². The topological polar surface area (TPSA) is 57.0 Å². The summed E-state index contributed by atoms with van der Waals surface area (Å²) in [5.41, 5.74) is 1.69. The minimum absolute atomic E-state index is 0.0447. The average Bonchev–Trinajstić information content (AvgIpc) is 2.98. The molecule has 0 bridgehead atoms. The molecule has 0 aliphatic heterocycles. The molecular weight excluding hydrogens is 321 g/mol. The number of carbonyl (C=O) groups is 1. The number of benzene rings is 2. The van der Waals surface area contributed by atoms with Gasteiger partial charge < -0.3 is 4.74 Å². The molecule has 0 amide bonds. The lowest BCUT2D eigenvalue weighted by Gasteiger charge is -2.07. The van der Waals surface area contributed by atoms with E-state index in [0.717, 1.165) is 5.56 Å². The molecule has 1 aromatic heterocycles. The number of aromatic nitrogens is 3. The van der Waals surface area contributed by atoms with Gasteiger partial charge in [-0.15, -0.1) is 5.10 Å². The molecule has 0 saturated carbocycles. The Kier molecular flexibility index (Phi) is 4.61. The normalized spacial score (nSPS) is 10.9. The third-order valence-electron chi connectivity index (χ3n) is 3.76. The van der Waals surface area contributed by atoms with Crippen molar-refractivity contribution in [1.29, 1.82) is 0 Å². The van der Waals surface area contributed by atoms with Crippen LogP contribution in [-0.2, 0) is 0 Å². The van der Waals surface area contributed by atoms with Crippen molar-refractivity contribution in [3.63, 3.8) is 0 Å². The number of rotatable bonds is 4. The van der Waals surface area contributed by atoms with Crippen molar-refractivity contribution in [2.45, 2.75) is 26.7 Å². The fourth-order valence-corrected chi connectivity index (χ4v) is 2.39. The maximum Gasteiger partial charge on any atom is 0.383 e. The molecule has 0 saturated heterocycles. The fourth-order valence-electron chi connectivity index (χ4n) is 2.39. The molecule has 5 nitrogen and oxygen atoms in total. The van der Waals surface area contributed by atoms with Gasteiger partial charge in [0.25, 0.3) is 5.82 Å². The van der Waals surface area contributed by atoms with Gasteiger partial charge in [-0.05, 0) is 54.8 Å². The second kappa shape index (κ2) is 6.84. The number of aryl methyl sites for hydroxylation is 1. The van der Waals surface area contributed by atoms with Crippen LogP contribution in [0.5, 0.6) is 5.75 Å². The highest BCUT2D eigenvalue weighted by atomic mass is 19.1. The van der Waals surface area contributed by atoms with Gasteiger partial charge in [0.2, 0.25) is 0 Å². The first-order valence-corrected chi connectivity index (χ1v) is 7.96. The Balaban J connectivity index is 1.82. The van der Waals surface area contributed by atoms with Crippen LogP contribution in [0.4, 0.5) is 4.39 Å². The molecule has 128 valence electrons. The molecule has 0 atom stereocenters. The Morgan fingerprint density at radius 2 is 1.88 bits per heavy atom. The van der Waals surface area contributed by atoms with Crippen molar-refractivity contribution in [3.05, 3.63) is 71.6 Å². The molecule has 3 rings (SSSR count). The number of hydrogen-bond acceptors (Lipinski definition) is 4. The molecule has 0 aliphatic rings. The quantitative estimate of drug-likeness (QED) is 0.531. The summed E-state index contributed by atoms with van der Waals surface area (Å²) in [6, 6.07) is 13.1. The van der Waals surface area contributed by atoms with Crippen molar-refractivity contribution in [1.82, 2.24) is 14.8 Å². The van der Waals surface area contributed by atoms with Crippen molar-refractivity contribution >= 4 is 5.97 Å². The maximum absolute atomic E-state index is 13.0. The van der Waals surface area contributed by atoms with E-state index in [1.54, 1.807) is 25.1 Å². The van der Waals surface area contributed by atoms with E-state index in [2.05, 4.69) is 23.9 Å². The summed E-state index contributed by atoms with van der Waals surface area (Å²) in [5, 5.41) is 4.17. The third kappa shape index (κ3) is 3.74. The van der Waals surface area contributed by atoms with Crippen LogP contribution in [0.1, 0.15) is 41.8 Å². The fraction of sp³-hybridized carbons (Fsp3) is 0.211. The highest BCUT2D eigenvalue weighted by molar-refractivity contribution is 5.87. The Morgan fingerprint density at radius 1 is 1.16 bits per heavy atom. The second-order valence-electron chi connectivity index (χ2n) is 5.99. The molecule has 2 aromatic carbocycles. The van der Waals surface area contributed by atoms with Crippen molar-refractivity contribution in [2.24, 2.45) is 0 Å². The number of esters is 1. The Labute approximate surface area is 145 Å². The van der Waals surface area contributed by atoms with Crippen LogP contribution >= 0.6 is 0 Å². The molecule has 0 radical (unpaired) electrons. The molecule has 0 N–H and O–H groups in total. The minimum atomic E-state index is -0.634. The summed E-state index contributed by atoms with van der Waals surface area (Å²) in [6.45, 7) is 5.85. The number of carbonyl (C=O) groups excluding carboxylic acids is 1. The smallest absolute Gasteiger partial charge is 0.383 e. The Hall–Kier alpha value is -3.02. The largest absolute Gasteiger partial charge is 0.421 e. The summed E-state index contributed by atoms with van der Waals surface area (Å²) < 4.78 is 19.9. The van der Waals surface area contributed by atoms with E-state index in [1.165, 1.54) is 16.8 Å². The van der Waals surface area contributed by atoms with Crippen LogP contribution in [0, 0.1) is 12.7 Å². The van der Waals surface area contributed by atoms with Gasteiger partial charge in [0.1, 0.15) is 17.4 Å². The zero-order valence-electron chi connectivity index (χ0n) is 14.2. The maximum atomic E-state index is 13.0. The predicted molar refractivity (Wildman–Crippen MR) is 91.5 cm³/mol. The third-order valence-corrected chi connectivity index (χ3v) is 3.76. The van der Waals surface area contributed by atoms with Gasteiger partial charge in [-0.25, -0.2) is 18.9 Å². The first-order valence-electron chi connectivity index (χ1n) is 7.96. The standard InChI is InChI=1S/C19H18FN3O2/c1-12(2)14-5-4-6-17(11-14)25-19(24)18-21-13(3)23(22-18)16-9-7-15(20)8-10-16/h4-12H,1-3H3. The second-order valence-corrected chi connectivity index (χ2v) is 5.99. The van der Waals surface area contributed by atoms with Crippen LogP contribution < -0.4 is 4.74 Å². The van der Waals surface area contributed by atoms with E-state index in [0.29, 0.717) is 23.2 Å². The lowest BCUT2D eigenvalue weighted by molar-refractivity contribution is 0.0722. The summed E-state index contributed by atoms with van der Waals surface area (Å²) in [4.78, 5) is 16.5. The van der Waals surface area contributed by atoms with E-state index in [4.69, 9.17) is 4.74 Å². The van der Waals surface area contributed by atoms with Gasteiger partial charge in [0, 0.05) is 0 Å². The van der Waals surface area contributed by atoms with E-state index in [1.807, 2.05) is 18.2 Å². The summed E-state index contributed by atoms with van der Waals surface area (Å²) in [5.74, 6) is 0.269. The van der Waals surface area contributed by atoms with E-state index >= 15 is 0 Å². The van der Waals surface area contributed by atoms with Crippen molar-refractivity contribution in [2.75, 3.05) is 0 Å².